The minimum absolute atomic E-state index is 0.283. The zero-order chi connectivity index (χ0) is 13.2. The summed E-state index contributed by atoms with van der Waals surface area (Å²) in [7, 11) is 0. The van der Waals surface area contributed by atoms with Crippen molar-refractivity contribution >= 4 is 43.6 Å². The zero-order valence-electron chi connectivity index (χ0n) is 9.79. The molecule has 0 saturated carbocycles. The minimum Gasteiger partial charge on any atom is -0.319 e. The lowest BCUT2D eigenvalue weighted by molar-refractivity contribution is -0.119. The number of carbonyl (C=O) groups excluding carboxylic acids is 1. The van der Waals surface area contributed by atoms with Crippen molar-refractivity contribution in [3.05, 3.63) is 15.4 Å². The number of halogens is 2. The molecular formula is C10H14Br2N4O. The van der Waals surface area contributed by atoms with Gasteiger partial charge in [0, 0.05) is 0 Å². The fourth-order valence-electron chi connectivity index (χ4n) is 1.02. The van der Waals surface area contributed by atoms with Crippen molar-refractivity contribution in [2.75, 3.05) is 5.32 Å². The lowest BCUT2D eigenvalue weighted by atomic mass is 9.87. The Balaban J connectivity index is 2.82. The van der Waals surface area contributed by atoms with E-state index in [9.17, 15) is 4.79 Å². The van der Waals surface area contributed by atoms with Crippen LogP contribution >= 0.6 is 31.9 Å². The fourth-order valence-corrected chi connectivity index (χ4v) is 1.93. The fraction of sp³-hybridized carbons (Fsp3) is 0.500. The first kappa shape index (κ1) is 14.5. The summed E-state index contributed by atoms with van der Waals surface area (Å²) in [4.78, 5) is 20.0. The van der Waals surface area contributed by atoms with Crippen LogP contribution in [0, 0.1) is 5.41 Å². The minimum atomic E-state index is -0.611. The van der Waals surface area contributed by atoms with E-state index >= 15 is 0 Å². The van der Waals surface area contributed by atoms with Gasteiger partial charge < -0.3 is 11.1 Å². The molecule has 5 nitrogen and oxygen atoms in total. The first-order valence-electron chi connectivity index (χ1n) is 4.96. The van der Waals surface area contributed by atoms with Gasteiger partial charge >= 0.3 is 0 Å². The van der Waals surface area contributed by atoms with Gasteiger partial charge in [0.15, 0.2) is 5.82 Å². The van der Waals surface area contributed by atoms with Gasteiger partial charge in [-0.1, -0.05) is 20.8 Å². The Kier molecular flexibility index (Phi) is 4.62. The number of nitrogens with one attached hydrogen (secondary N) is 1. The van der Waals surface area contributed by atoms with E-state index in [1.165, 1.54) is 6.20 Å². The van der Waals surface area contributed by atoms with Gasteiger partial charge in [-0.2, -0.15) is 0 Å². The van der Waals surface area contributed by atoms with Crippen molar-refractivity contribution in [2.45, 2.75) is 26.8 Å². The standard InChI is InChI=1S/C10H14Br2N4O/c1-10(2,3)6(13)9(17)16-8-7(12)15-5(11)4-14-8/h4,6H,13H2,1-3H3,(H,14,16,17)/t6-/m0/s1. The molecule has 7 heteroatoms. The zero-order valence-corrected chi connectivity index (χ0v) is 13.0. The lowest BCUT2D eigenvalue weighted by Gasteiger charge is -2.25. The Labute approximate surface area is 117 Å². The third-order valence-corrected chi connectivity index (χ3v) is 3.09. The molecule has 0 aromatic carbocycles. The molecule has 17 heavy (non-hydrogen) atoms. The predicted molar refractivity (Wildman–Crippen MR) is 73.5 cm³/mol. The van der Waals surface area contributed by atoms with Crippen LogP contribution < -0.4 is 11.1 Å². The van der Waals surface area contributed by atoms with E-state index in [4.69, 9.17) is 5.73 Å². The second-order valence-electron chi connectivity index (χ2n) is 4.67. The van der Waals surface area contributed by atoms with Gasteiger partial charge in [-0.05, 0) is 37.3 Å². The number of hydrogen-bond donors (Lipinski definition) is 2. The van der Waals surface area contributed by atoms with Gasteiger partial charge in [0.05, 0.1) is 12.2 Å². The molecule has 0 spiro atoms. The molecule has 0 bridgehead atoms. The van der Waals surface area contributed by atoms with Gasteiger partial charge in [0.1, 0.15) is 9.21 Å². The topological polar surface area (TPSA) is 80.9 Å². The van der Waals surface area contributed by atoms with E-state index in [0.717, 1.165) is 0 Å². The molecule has 1 aromatic heterocycles. The third kappa shape index (κ3) is 4.01. The van der Waals surface area contributed by atoms with Gasteiger partial charge in [0.2, 0.25) is 5.91 Å². The molecule has 0 radical (unpaired) electrons. The molecule has 1 aromatic rings. The summed E-state index contributed by atoms with van der Waals surface area (Å²) < 4.78 is 1.05. The number of aromatic nitrogens is 2. The second kappa shape index (κ2) is 5.41. The molecule has 0 aliphatic heterocycles. The maximum atomic E-state index is 11.9. The average Bonchev–Trinajstić information content (AvgIpc) is 2.19. The normalized spacial score (nSPS) is 13.3. The van der Waals surface area contributed by atoms with Crippen LogP contribution in [0.3, 0.4) is 0 Å². The summed E-state index contributed by atoms with van der Waals surface area (Å²) in [6.45, 7) is 5.71. The molecular weight excluding hydrogens is 352 g/mol. The van der Waals surface area contributed by atoms with Gasteiger partial charge in [0.25, 0.3) is 0 Å². The highest BCUT2D eigenvalue weighted by Crippen LogP contribution is 2.22. The number of amides is 1. The number of carbonyl (C=O) groups is 1. The number of nitrogens with two attached hydrogens (primary N) is 1. The van der Waals surface area contributed by atoms with Crippen molar-refractivity contribution in [3.63, 3.8) is 0 Å². The van der Waals surface area contributed by atoms with Gasteiger partial charge in [-0.15, -0.1) is 0 Å². The average molecular weight is 366 g/mol. The summed E-state index contributed by atoms with van der Waals surface area (Å²) in [5.74, 6) is 0.0766. The summed E-state index contributed by atoms with van der Waals surface area (Å²) >= 11 is 6.40. The van der Waals surface area contributed by atoms with E-state index in [0.29, 0.717) is 15.0 Å². The third-order valence-electron chi connectivity index (χ3n) is 2.16. The Hall–Kier alpha value is -0.530. The second-order valence-corrected chi connectivity index (χ2v) is 6.23. The van der Waals surface area contributed by atoms with E-state index in [1.54, 1.807) is 0 Å². The van der Waals surface area contributed by atoms with Crippen LogP contribution in [0.4, 0.5) is 5.82 Å². The van der Waals surface area contributed by atoms with Crippen molar-refractivity contribution in [3.8, 4) is 0 Å². The molecule has 1 rings (SSSR count). The molecule has 1 amide bonds. The van der Waals surface area contributed by atoms with Crippen molar-refractivity contribution in [1.82, 2.24) is 9.97 Å². The SMILES string of the molecule is CC(C)(C)[C@@H](N)C(=O)Nc1ncc(Br)nc1Br. The van der Waals surface area contributed by atoms with E-state index < -0.39 is 6.04 Å². The lowest BCUT2D eigenvalue weighted by Crippen LogP contribution is -2.45. The van der Waals surface area contributed by atoms with Crippen LogP contribution in [0.2, 0.25) is 0 Å². The Morgan fingerprint density at radius 2 is 2.06 bits per heavy atom. The Bertz CT molecular complexity index is 431. The summed E-state index contributed by atoms with van der Waals surface area (Å²) in [5.41, 5.74) is 5.53. The van der Waals surface area contributed by atoms with Gasteiger partial charge in [-0.25, -0.2) is 9.97 Å². The number of hydrogen-bond acceptors (Lipinski definition) is 4. The van der Waals surface area contributed by atoms with Crippen LogP contribution in [-0.2, 0) is 4.79 Å². The smallest absolute Gasteiger partial charge is 0.243 e. The monoisotopic (exact) mass is 364 g/mol. The molecule has 1 heterocycles. The highest BCUT2D eigenvalue weighted by molar-refractivity contribution is 9.11. The van der Waals surface area contributed by atoms with Crippen LogP contribution in [0.5, 0.6) is 0 Å². The number of anilines is 1. The first-order chi connectivity index (χ1) is 7.71. The van der Waals surface area contributed by atoms with Crippen LogP contribution in [0.1, 0.15) is 20.8 Å². The molecule has 94 valence electrons. The van der Waals surface area contributed by atoms with Crippen LogP contribution in [0.25, 0.3) is 0 Å². The number of nitrogens with zero attached hydrogens (tertiary/aromatic N) is 2. The number of rotatable bonds is 2. The molecule has 0 aliphatic rings. The van der Waals surface area contributed by atoms with Crippen molar-refractivity contribution in [1.29, 1.82) is 0 Å². The highest BCUT2D eigenvalue weighted by atomic mass is 79.9. The maximum Gasteiger partial charge on any atom is 0.243 e. The van der Waals surface area contributed by atoms with Gasteiger partial charge in [-0.3, -0.25) is 4.79 Å². The van der Waals surface area contributed by atoms with E-state index in [2.05, 4.69) is 47.1 Å². The van der Waals surface area contributed by atoms with E-state index in [-0.39, 0.29) is 11.3 Å². The summed E-state index contributed by atoms with van der Waals surface area (Å²) in [5, 5.41) is 2.64. The predicted octanol–water partition coefficient (Wildman–Crippen LogP) is 2.31. The molecule has 0 aliphatic carbocycles. The summed E-state index contributed by atoms with van der Waals surface area (Å²) in [6.07, 6.45) is 1.50. The van der Waals surface area contributed by atoms with Crippen LogP contribution in [-0.4, -0.2) is 21.9 Å². The van der Waals surface area contributed by atoms with Crippen LogP contribution in [0.15, 0.2) is 15.4 Å². The highest BCUT2D eigenvalue weighted by Gasteiger charge is 2.28. The quantitative estimate of drug-likeness (QED) is 0.842. The molecule has 3 N–H and O–H groups in total. The summed E-state index contributed by atoms with van der Waals surface area (Å²) in [6, 6.07) is -0.611. The molecule has 0 fully saturated rings. The molecule has 0 saturated heterocycles. The molecule has 1 atom stereocenters. The first-order valence-corrected chi connectivity index (χ1v) is 6.55. The Morgan fingerprint density at radius 1 is 1.47 bits per heavy atom. The largest absolute Gasteiger partial charge is 0.319 e. The maximum absolute atomic E-state index is 11.9. The van der Waals surface area contributed by atoms with E-state index in [1.807, 2.05) is 20.8 Å². The van der Waals surface area contributed by atoms with Crippen molar-refractivity contribution < 1.29 is 4.79 Å². The molecule has 0 unspecified atom stereocenters. The van der Waals surface area contributed by atoms with Crippen molar-refractivity contribution in [2.24, 2.45) is 11.1 Å². The Morgan fingerprint density at radius 3 is 2.53 bits per heavy atom.